The third-order valence-corrected chi connectivity index (χ3v) is 2.41. The lowest BCUT2D eigenvalue weighted by molar-refractivity contribution is -0.274. The van der Waals surface area contributed by atoms with Crippen LogP contribution in [0.25, 0.3) is 0 Å². The highest BCUT2D eigenvalue weighted by Crippen LogP contribution is 2.26. The number of alkyl halides is 3. The molecule has 0 amide bonds. The molecule has 0 aliphatic carbocycles. The van der Waals surface area contributed by atoms with E-state index in [9.17, 15) is 18.0 Å². The highest BCUT2D eigenvalue weighted by Gasteiger charge is 2.31. The van der Waals surface area contributed by atoms with Crippen molar-refractivity contribution < 1.29 is 27.4 Å². The second-order valence-corrected chi connectivity index (χ2v) is 4.00. The van der Waals surface area contributed by atoms with Crippen molar-refractivity contribution in [2.45, 2.75) is 19.3 Å². The Morgan fingerprint density at radius 2 is 2.19 bits per heavy atom. The lowest BCUT2D eigenvalue weighted by Gasteiger charge is -2.18. The molecule has 0 spiro atoms. The number of hydrogen-bond donors (Lipinski definition) is 1. The average Bonchev–Trinajstić information content (AvgIpc) is 2.38. The van der Waals surface area contributed by atoms with E-state index in [4.69, 9.17) is 4.74 Å². The maximum Gasteiger partial charge on any atom is 0.573 e. The molecule has 1 atom stereocenters. The van der Waals surface area contributed by atoms with Crippen molar-refractivity contribution in [3.05, 3.63) is 42.5 Å². The Balaban J connectivity index is 2.98. The quantitative estimate of drug-likeness (QED) is 0.621. The minimum absolute atomic E-state index is 0.170. The molecule has 0 saturated heterocycles. The molecule has 4 nitrogen and oxygen atoms in total. The van der Waals surface area contributed by atoms with Crippen LogP contribution in [0.3, 0.4) is 0 Å². The Morgan fingerprint density at radius 3 is 2.76 bits per heavy atom. The molecule has 0 heterocycles. The molecular formula is C14H16F3NO3. The summed E-state index contributed by atoms with van der Waals surface area (Å²) in [6.45, 7) is 5.62. The van der Waals surface area contributed by atoms with Gasteiger partial charge < -0.3 is 9.47 Å². The number of nitrogens with one attached hydrogen (secondary N) is 1. The Hall–Kier alpha value is -2.02. The number of esters is 1. The Morgan fingerprint density at radius 1 is 1.48 bits per heavy atom. The van der Waals surface area contributed by atoms with Gasteiger partial charge in [-0.2, -0.15) is 0 Å². The van der Waals surface area contributed by atoms with Crippen LogP contribution in [0.5, 0.6) is 5.75 Å². The standard InChI is InChI=1S/C14H16F3NO3/c1-3-8-18-12(13(19)20-4-2)10-6-5-7-11(9-10)21-14(15,16)17/h3,5-7,9,12,18H,1,4,8H2,2H3. The zero-order chi connectivity index (χ0) is 15.9. The summed E-state index contributed by atoms with van der Waals surface area (Å²) < 4.78 is 45.4. The van der Waals surface area contributed by atoms with Crippen LogP contribution < -0.4 is 10.1 Å². The SMILES string of the molecule is C=CCNC(C(=O)OCC)c1cccc(OC(F)(F)F)c1. The van der Waals surface area contributed by atoms with Crippen LogP contribution in [0.4, 0.5) is 13.2 Å². The van der Waals surface area contributed by atoms with Crippen LogP contribution in [0.15, 0.2) is 36.9 Å². The van der Waals surface area contributed by atoms with Gasteiger partial charge in [0, 0.05) is 6.54 Å². The van der Waals surface area contributed by atoms with Crippen molar-refractivity contribution in [1.82, 2.24) is 5.32 Å². The lowest BCUT2D eigenvalue weighted by Crippen LogP contribution is -2.30. The minimum Gasteiger partial charge on any atom is -0.465 e. The van der Waals surface area contributed by atoms with Crippen LogP contribution in [-0.4, -0.2) is 25.5 Å². The van der Waals surface area contributed by atoms with Crippen molar-refractivity contribution >= 4 is 5.97 Å². The van der Waals surface area contributed by atoms with Gasteiger partial charge in [-0.1, -0.05) is 18.2 Å². The van der Waals surface area contributed by atoms with Gasteiger partial charge in [0.2, 0.25) is 0 Å². The molecule has 1 unspecified atom stereocenters. The predicted molar refractivity (Wildman–Crippen MR) is 70.7 cm³/mol. The van der Waals surface area contributed by atoms with Gasteiger partial charge in [0.05, 0.1) is 6.61 Å². The fourth-order valence-electron chi connectivity index (χ4n) is 1.66. The summed E-state index contributed by atoms with van der Waals surface area (Å²) in [7, 11) is 0. The van der Waals surface area contributed by atoms with Crippen molar-refractivity contribution in [3.8, 4) is 5.75 Å². The molecule has 7 heteroatoms. The molecule has 1 aromatic rings. The Kier molecular flexibility index (Phi) is 6.23. The van der Waals surface area contributed by atoms with Crippen molar-refractivity contribution in [3.63, 3.8) is 0 Å². The topological polar surface area (TPSA) is 47.6 Å². The van der Waals surface area contributed by atoms with E-state index in [-0.39, 0.29) is 6.61 Å². The fourth-order valence-corrected chi connectivity index (χ4v) is 1.66. The third kappa shape index (κ3) is 5.86. The summed E-state index contributed by atoms with van der Waals surface area (Å²) in [5.41, 5.74) is 0.317. The van der Waals surface area contributed by atoms with Crippen molar-refractivity contribution in [2.24, 2.45) is 0 Å². The average molecular weight is 303 g/mol. The number of carbonyl (C=O) groups excluding carboxylic acids is 1. The largest absolute Gasteiger partial charge is 0.573 e. The van der Waals surface area contributed by atoms with E-state index in [0.717, 1.165) is 12.1 Å². The third-order valence-electron chi connectivity index (χ3n) is 2.41. The summed E-state index contributed by atoms with van der Waals surface area (Å²) in [5.74, 6) is -0.974. The van der Waals surface area contributed by atoms with E-state index in [1.165, 1.54) is 18.2 Å². The molecule has 1 N–H and O–H groups in total. The van der Waals surface area contributed by atoms with Gasteiger partial charge in [-0.25, -0.2) is 4.79 Å². The first-order chi connectivity index (χ1) is 9.87. The van der Waals surface area contributed by atoms with Gasteiger partial charge in [-0.05, 0) is 24.6 Å². The lowest BCUT2D eigenvalue weighted by atomic mass is 10.1. The van der Waals surface area contributed by atoms with Crippen LogP contribution >= 0.6 is 0 Å². The molecule has 1 rings (SSSR count). The molecule has 0 fully saturated rings. The highest BCUT2D eigenvalue weighted by atomic mass is 19.4. The fraction of sp³-hybridized carbons (Fsp3) is 0.357. The number of ether oxygens (including phenoxy) is 2. The van der Waals surface area contributed by atoms with Crippen molar-refractivity contribution in [2.75, 3.05) is 13.2 Å². The molecule has 21 heavy (non-hydrogen) atoms. The maximum atomic E-state index is 12.2. The highest BCUT2D eigenvalue weighted by molar-refractivity contribution is 5.77. The molecule has 0 aromatic heterocycles. The van der Waals surface area contributed by atoms with Crippen LogP contribution in [-0.2, 0) is 9.53 Å². The molecule has 1 aromatic carbocycles. The van der Waals surface area contributed by atoms with E-state index >= 15 is 0 Å². The summed E-state index contributed by atoms with van der Waals surface area (Å²) >= 11 is 0. The number of benzene rings is 1. The van der Waals surface area contributed by atoms with E-state index in [1.54, 1.807) is 6.92 Å². The number of rotatable bonds is 7. The maximum absolute atomic E-state index is 12.2. The molecule has 0 radical (unpaired) electrons. The zero-order valence-electron chi connectivity index (χ0n) is 11.4. The second kappa shape index (κ2) is 7.68. The van der Waals surface area contributed by atoms with Gasteiger partial charge in [0.25, 0.3) is 0 Å². The zero-order valence-corrected chi connectivity index (χ0v) is 11.4. The van der Waals surface area contributed by atoms with Crippen molar-refractivity contribution in [1.29, 1.82) is 0 Å². The van der Waals surface area contributed by atoms with E-state index in [0.29, 0.717) is 12.1 Å². The summed E-state index contributed by atoms with van der Waals surface area (Å²) in [6, 6.07) is 4.30. The smallest absolute Gasteiger partial charge is 0.465 e. The molecule has 0 bridgehead atoms. The second-order valence-electron chi connectivity index (χ2n) is 4.00. The summed E-state index contributed by atoms with van der Waals surface area (Å²) in [5, 5.41) is 2.83. The Bertz CT molecular complexity index is 489. The first-order valence-corrected chi connectivity index (χ1v) is 6.24. The first-order valence-electron chi connectivity index (χ1n) is 6.24. The molecule has 0 aliphatic rings. The molecule has 0 aliphatic heterocycles. The number of carbonyl (C=O) groups is 1. The Labute approximate surface area is 120 Å². The predicted octanol–water partition coefficient (Wildman–Crippen LogP) is 2.97. The van der Waals surface area contributed by atoms with Gasteiger partial charge in [0.15, 0.2) is 0 Å². The molecular weight excluding hydrogens is 287 g/mol. The first kappa shape index (κ1) is 17.0. The van der Waals surface area contributed by atoms with Crippen LogP contribution in [0.1, 0.15) is 18.5 Å². The minimum atomic E-state index is -4.79. The molecule has 116 valence electrons. The normalized spacial score (nSPS) is 12.6. The van der Waals surface area contributed by atoms with E-state index in [1.807, 2.05) is 0 Å². The monoisotopic (exact) mass is 303 g/mol. The van der Waals surface area contributed by atoms with Gasteiger partial charge in [0.1, 0.15) is 11.8 Å². The van der Waals surface area contributed by atoms with Crippen LogP contribution in [0, 0.1) is 0 Å². The number of hydrogen-bond acceptors (Lipinski definition) is 4. The van der Waals surface area contributed by atoms with E-state index < -0.39 is 24.1 Å². The van der Waals surface area contributed by atoms with Gasteiger partial charge in [-0.3, -0.25) is 5.32 Å². The van der Waals surface area contributed by atoms with E-state index in [2.05, 4.69) is 16.6 Å². The van der Waals surface area contributed by atoms with Gasteiger partial charge in [-0.15, -0.1) is 19.8 Å². The summed E-state index contributed by atoms with van der Waals surface area (Å²) in [4.78, 5) is 11.9. The summed E-state index contributed by atoms with van der Waals surface area (Å²) in [6.07, 6.45) is -3.26. The van der Waals surface area contributed by atoms with Gasteiger partial charge >= 0.3 is 12.3 Å². The molecule has 0 saturated carbocycles. The van der Waals surface area contributed by atoms with Crippen LogP contribution in [0.2, 0.25) is 0 Å². The number of halogens is 3.